The van der Waals surface area contributed by atoms with Gasteiger partial charge in [0.25, 0.3) is 0 Å². The van der Waals surface area contributed by atoms with E-state index < -0.39 is 12.8 Å². The van der Waals surface area contributed by atoms with Crippen molar-refractivity contribution in [1.29, 1.82) is 5.26 Å². The molecule has 0 spiro atoms. The van der Waals surface area contributed by atoms with Gasteiger partial charge >= 0.3 is 0 Å². The zero-order valence-electron chi connectivity index (χ0n) is 16.8. The molecular weight excluding hydrogens is 458 g/mol. The van der Waals surface area contributed by atoms with Gasteiger partial charge in [0, 0.05) is 42.1 Å². The maximum absolute atomic E-state index is 13.1. The number of nitriles is 1. The largest absolute Gasteiger partial charge is 0.444 e. The normalized spacial score (nSPS) is 24.6. The topological polar surface area (TPSA) is 74.3 Å². The number of hydrogen-bond donors (Lipinski definition) is 1. The minimum absolute atomic E-state index is 0.0793. The van der Waals surface area contributed by atoms with Gasteiger partial charge in [-0.1, -0.05) is 0 Å². The van der Waals surface area contributed by atoms with Gasteiger partial charge < -0.3 is 14.5 Å². The lowest BCUT2D eigenvalue weighted by Gasteiger charge is -2.37. The number of alkyl halides is 2. The van der Waals surface area contributed by atoms with Crippen molar-refractivity contribution >= 4 is 32.7 Å². The Hall–Kier alpha value is -1.76. The summed E-state index contributed by atoms with van der Waals surface area (Å²) in [5, 5.41) is 13.2. The van der Waals surface area contributed by atoms with Gasteiger partial charge in [0.15, 0.2) is 5.58 Å². The van der Waals surface area contributed by atoms with Gasteiger partial charge in [-0.15, -0.1) is 0 Å². The number of aromatic nitrogens is 1. The molecule has 0 bridgehead atoms. The van der Waals surface area contributed by atoms with Crippen LogP contribution in [0.5, 0.6) is 0 Å². The van der Waals surface area contributed by atoms with E-state index in [4.69, 9.17) is 9.15 Å². The Balaban J connectivity index is 1.47. The highest BCUT2D eigenvalue weighted by Gasteiger charge is 2.30. The molecule has 0 amide bonds. The third-order valence-corrected chi connectivity index (χ3v) is 7.10. The van der Waals surface area contributed by atoms with Crippen molar-refractivity contribution in [2.45, 2.75) is 63.1 Å². The molecule has 1 aliphatic heterocycles. The second kappa shape index (κ2) is 9.16. The monoisotopic (exact) mass is 482 g/mol. The molecule has 1 saturated carbocycles. The lowest BCUT2D eigenvalue weighted by Crippen LogP contribution is -2.44. The van der Waals surface area contributed by atoms with Crippen LogP contribution in [0.1, 0.15) is 43.4 Å². The number of hydrogen-bond acceptors (Lipinski definition) is 6. The Kier molecular flexibility index (Phi) is 6.56. The van der Waals surface area contributed by atoms with Crippen LogP contribution < -0.4 is 5.32 Å². The number of nitrogens with one attached hydrogen (secondary N) is 1. The first-order chi connectivity index (χ1) is 14.5. The van der Waals surface area contributed by atoms with E-state index in [2.05, 4.69) is 38.2 Å². The summed E-state index contributed by atoms with van der Waals surface area (Å²) < 4.78 is 37.6. The fourth-order valence-corrected chi connectivity index (χ4v) is 5.27. The van der Waals surface area contributed by atoms with Gasteiger partial charge in [-0.05, 0) is 55.1 Å². The third-order valence-electron chi connectivity index (χ3n) is 6.33. The number of furan rings is 1. The molecule has 1 aliphatic carbocycles. The van der Waals surface area contributed by atoms with Gasteiger partial charge in [0.2, 0.25) is 12.2 Å². The van der Waals surface area contributed by atoms with Crippen molar-refractivity contribution in [3.63, 3.8) is 0 Å². The zero-order chi connectivity index (χ0) is 21.3. The molecule has 2 aromatic rings. The molecule has 2 aromatic heterocycles. The number of nitrogens with zero attached hydrogens (tertiary/aromatic N) is 3. The van der Waals surface area contributed by atoms with Crippen molar-refractivity contribution in [3.05, 3.63) is 22.0 Å². The lowest BCUT2D eigenvalue weighted by atomic mass is 9.89. The summed E-state index contributed by atoms with van der Waals surface area (Å²) >= 11 is 3.51. The van der Waals surface area contributed by atoms with Crippen molar-refractivity contribution in [3.8, 4) is 6.07 Å². The van der Waals surface area contributed by atoms with E-state index in [9.17, 15) is 14.0 Å². The Morgan fingerprint density at radius 3 is 2.70 bits per heavy atom. The van der Waals surface area contributed by atoms with Crippen molar-refractivity contribution < 1.29 is 17.9 Å². The van der Waals surface area contributed by atoms with E-state index in [-0.39, 0.29) is 17.4 Å². The molecule has 1 atom stereocenters. The Bertz CT molecular complexity index is 931. The molecule has 162 valence electrons. The summed E-state index contributed by atoms with van der Waals surface area (Å²) in [5.74, 6) is 0.522. The molecule has 4 rings (SSSR count). The van der Waals surface area contributed by atoms with E-state index >= 15 is 0 Å². The van der Waals surface area contributed by atoms with E-state index in [0.717, 1.165) is 45.3 Å². The maximum Gasteiger partial charge on any atom is 0.242 e. The summed E-state index contributed by atoms with van der Waals surface area (Å²) in [6.07, 6.45) is 3.70. The van der Waals surface area contributed by atoms with Crippen molar-refractivity contribution in [2.24, 2.45) is 0 Å². The summed E-state index contributed by atoms with van der Waals surface area (Å²) in [7, 11) is 2.19. The molecule has 1 N–H and O–H groups in total. The Morgan fingerprint density at radius 1 is 1.30 bits per heavy atom. The van der Waals surface area contributed by atoms with Gasteiger partial charge in [-0.25, -0.2) is 13.8 Å². The predicted octanol–water partition coefficient (Wildman–Crippen LogP) is 4.71. The highest BCUT2D eigenvalue weighted by Crippen LogP contribution is 2.37. The molecule has 1 saturated heterocycles. The molecule has 0 radical (unpaired) electrons. The molecule has 3 heterocycles. The molecule has 9 heteroatoms. The fraction of sp³-hybridized carbons (Fsp3) is 0.619. The number of likely N-dealkylation sites (N-methyl/N-ethyl adjacent to an activating group) is 1. The number of fused-ring (bicyclic) bond motifs is 1. The third kappa shape index (κ3) is 4.32. The second-order valence-electron chi connectivity index (χ2n) is 8.11. The molecular formula is C21H25BrF2N4O2. The van der Waals surface area contributed by atoms with E-state index in [1.807, 2.05) is 6.07 Å². The van der Waals surface area contributed by atoms with Crippen LogP contribution in [0.4, 0.5) is 14.6 Å². The summed E-state index contributed by atoms with van der Waals surface area (Å²) in [4.78, 5) is 6.88. The van der Waals surface area contributed by atoms with E-state index in [0.29, 0.717) is 33.3 Å². The standard InChI is InChI=1S/C21H25BrF2N4O2/c1-28(14-6-7-29-11-14)13-4-2-12(3-5-13)27-21-20(22)19-15(8-18(23)24)16(9-25)30-17(19)10-26-21/h10,12-14,18H,2-8,11H2,1H3,(H,26,27)/t12?,13?,14-/m0/s1. The lowest BCUT2D eigenvalue weighted by molar-refractivity contribution is 0.111. The van der Waals surface area contributed by atoms with Gasteiger partial charge in [0.05, 0.1) is 17.3 Å². The van der Waals surface area contributed by atoms with Crippen LogP contribution in [-0.4, -0.2) is 54.7 Å². The highest BCUT2D eigenvalue weighted by molar-refractivity contribution is 9.10. The second-order valence-corrected chi connectivity index (χ2v) is 8.90. The first-order valence-electron chi connectivity index (χ1n) is 10.3. The predicted molar refractivity (Wildman–Crippen MR) is 113 cm³/mol. The first-order valence-corrected chi connectivity index (χ1v) is 11.1. The van der Waals surface area contributed by atoms with Crippen LogP contribution in [0.2, 0.25) is 0 Å². The SMILES string of the molecule is CN(C1CCC(Nc2ncc3oc(C#N)c(CC(F)F)c3c2Br)CC1)[C@H]1CCOC1. The van der Waals surface area contributed by atoms with Crippen LogP contribution in [0, 0.1) is 11.3 Å². The number of anilines is 1. The zero-order valence-corrected chi connectivity index (χ0v) is 18.4. The van der Waals surface area contributed by atoms with Crippen molar-refractivity contribution in [2.75, 3.05) is 25.6 Å². The van der Waals surface area contributed by atoms with E-state index in [1.54, 1.807) is 0 Å². The fourth-order valence-electron chi connectivity index (χ4n) is 4.62. The van der Waals surface area contributed by atoms with Gasteiger partial charge in [-0.2, -0.15) is 5.26 Å². The molecule has 2 aliphatic rings. The number of halogens is 3. The number of pyridine rings is 1. The number of ether oxygens (including phenoxy) is 1. The van der Waals surface area contributed by atoms with E-state index in [1.165, 1.54) is 6.20 Å². The van der Waals surface area contributed by atoms with Crippen LogP contribution in [0.3, 0.4) is 0 Å². The summed E-state index contributed by atoms with van der Waals surface area (Å²) in [5.41, 5.74) is 0.563. The van der Waals surface area contributed by atoms with Gasteiger partial charge in [0.1, 0.15) is 11.9 Å². The smallest absolute Gasteiger partial charge is 0.242 e. The first kappa shape index (κ1) is 21.5. The Labute approximate surface area is 182 Å². The Morgan fingerprint density at radius 2 is 2.07 bits per heavy atom. The molecule has 6 nitrogen and oxygen atoms in total. The van der Waals surface area contributed by atoms with Crippen molar-refractivity contribution in [1.82, 2.24) is 9.88 Å². The van der Waals surface area contributed by atoms with Crippen LogP contribution >= 0.6 is 15.9 Å². The average molecular weight is 483 g/mol. The molecule has 30 heavy (non-hydrogen) atoms. The minimum Gasteiger partial charge on any atom is -0.444 e. The molecule has 0 unspecified atom stereocenters. The highest BCUT2D eigenvalue weighted by atomic mass is 79.9. The summed E-state index contributed by atoms with van der Waals surface area (Å²) in [6, 6.07) is 3.20. The molecule has 2 fully saturated rings. The number of rotatable bonds is 6. The average Bonchev–Trinajstić information content (AvgIpc) is 3.38. The van der Waals surface area contributed by atoms with Crippen LogP contribution in [0.25, 0.3) is 11.0 Å². The quantitative estimate of drug-likeness (QED) is 0.642. The summed E-state index contributed by atoms with van der Waals surface area (Å²) in [6.45, 7) is 1.67. The van der Waals surface area contributed by atoms with Crippen LogP contribution in [-0.2, 0) is 11.2 Å². The maximum atomic E-state index is 13.1. The van der Waals surface area contributed by atoms with Gasteiger partial charge in [-0.3, -0.25) is 4.90 Å². The van der Waals surface area contributed by atoms with Crippen LogP contribution in [0.15, 0.2) is 15.1 Å². The molecule has 0 aromatic carbocycles. The minimum atomic E-state index is -2.56.